The minimum atomic E-state index is -0.101. The maximum absolute atomic E-state index is 5.70. The number of hydrogen-bond donors (Lipinski definition) is 3. The molecule has 8 heteroatoms. The van der Waals surface area contributed by atoms with Crippen LogP contribution in [0.1, 0.15) is 18.8 Å². The number of nitrogen functional groups attached to an aromatic ring is 1. The van der Waals surface area contributed by atoms with Gasteiger partial charge in [-0.2, -0.15) is 10.1 Å². The zero-order valence-electron chi connectivity index (χ0n) is 8.48. The molecule has 2 aromatic rings. The van der Waals surface area contributed by atoms with E-state index in [9.17, 15) is 0 Å². The number of halogens is 1. The first-order valence-corrected chi connectivity index (χ1v) is 4.94. The highest BCUT2D eigenvalue weighted by atomic mass is 35.5. The minimum absolute atomic E-state index is 0.101. The van der Waals surface area contributed by atoms with Gasteiger partial charge in [-0.3, -0.25) is 5.10 Å². The summed E-state index contributed by atoms with van der Waals surface area (Å²) in [5.41, 5.74) is 6.13. The second-order valence-electron chi connectivity index (χ2n) is 3.18. The molecule has 2 heterocycles. The zero-order valence-corrected chi connectivity index (χ0v) is 9.23. The van der Waals surface area contributed by atoms with Crippen molar-refractivity contribution in [2.45, 2.75) is 13.0 Å². The van der Waals surface area contributed by atoms with Gasteiger partial charge < -0.3 is 11.1 Å². The molecule has 2 aromatic heterocycles. The van der Waals surface area contributed by atoms with Crippen LogP contribution in [0.2, 0.25) is 5.28 Å². The van der Waals surface area contributed by atoms with Gasteiger partial charge in [0.25, 0.3) is 0 Å². The fourth-order valence-corrected chi connectivity index (χ4v) is 1.32. The van der Waals surface area contributed by atoms with E-state index in [2.05, 4.69) is 30.5 Å². The number of rotatable bonds is 3. The van der Waals surface area contributed by atoms with Crippen molar-refractivity contribution in [1.29, 1.82) is 0 Å². The predicted molar refractivity (Wildman–Crippen MR) is 59.9 cm³/mol. The number of nitrogens with zero attached hydrogens (tertiary/aromatic N) is 4. The molecule has 0 fully saturated rings. The Labute approximate surface area is 96.5 Å². The summed E-state index contributed by atoms with van der Waals surface area (Å²) in [4.78, 5) is 11.8. The molecule has 4 N–H and O–H groups in total. The maximum atomic E-state index is 5.70. The van der Waals surface area contributed by atoms with E-state index in [-0.39, 0.29) is 11.3 Å². The molecule has 0 bridgehead atoms. The van der Waals surface area contributed by atoms with Crippen molar-refractivity contribution in [2.75, 3.05) is 11.1 Å². The van der Waals surface area contributed by atoms with Crippen LogP contribution in [0, 0.1) is 0 Å². The molecule has 0 amide bonds. The summed E-state index contributed by atoms with van der Waals surface area (Å²) in [5, 5.41) is 9.71. The molecule has 1 unspecified atom stereocenters. The van der Waals surface area contributed by atoms with Gasteiger partial charge in [-0.05, 0) is 18.5 Å². The monoisotopic (exact) mass is 239 g/mol. The van der Waals surface area contributed by atoms with E-state index in [4.69, 9.17) is 17.3 Å². The van der Waals surface area contributed by atoms with Crippen molar-refractivity contribution in [1.82, 2.24) is 25.1 Å². The average molecular weight is 240 g/mol. The molecular weight excluding hydrogens is 230 g/mol. The molecular formula is C8H10ClN7. The van der Waals surface area contributed by atoms with Crippen LogP contribution in [-0.2, 0) is 0 Å². The number of aromatic amines is 1. The molecule has 0 saturated carbocycles. The molecule has 16 heavy (non-hydrogen) atoms. The number of anilines is 2. The molecule has 84 valence electrons. The summed E-state index contributed by atoms with van der Waals surface area (Å²) in [7, 11) is 0. The van der Waals surface area contributed by atoms with Gasteiger partial charge in [0, 0.05) is 0 Å². The summed E-state index contributed by atoms with van der Waals surface area (Å²) < 4.78 is 0. The molecule has 2 rings (SSSR count). The first kappa shape index (κ1) is 10.6. The summed E-state index contributed by atoms with van der Waals surface area (Å²) >= 11 is 5.67. The number of nitrogens with two attached hydrogens (primary N) is 1. The minimum Gasteiger partial charge on any atom is -0.394 e. The highest BCUT2D eigenvalue weighted by molar-refractivity contribution is 6.28. The van der Waals surface area contributed by atoms with Crippen molar-refractivity contribution >= 4 is 23.1 Å². The molecule has 0 aromatic carbocycles. The van der Waals surface area contributed by atoms with Crippen molar-refractivity contribution in [3.8, 4) is 0 Å². The molecule has 0 saturated heterocycles. The molecule has 0 aliphatic heterocycles. The summed E-state index contributed by atoms with van der Waals surface area (Å²) in [6.07, 6.45) is 2.88. The van der Waals surface area contributed by atoms with Gasteiger partial charge in [0.05, 0.1) is 17.9 Å². The van der Waals surface area contributed by atoms with E-state index in [1.54, 1.807) is 0 Å². The van der Waals surface area contributed by atoms with E-state index >= 15 is 0 Å². The first-order valence-electron chi connectivity index (χ1n) is 4.56. The second-order valence-corrected chi connectivity index (χ2v) is 3.52. The molecule has 0 aliphatic carbocycles. The van der Waals surface area contributed by atoms with Crippen LogP contribution >= 0.6 is 11.6 Å². The number of H-pyrrole nitrogens is 1. The normalized spacial score (nSPS) is 12.4. The largest absolute Gasteiger partial charge is 0.394 e. The summed E-state index contributed by atoms with van der Waals surface area (Å²) in [6.45, 7) is 1.90. The van der Waals surface area contributed by atoms with Gasteiger partial charge in [0.2, 0.25) is 5.28 Å². The van der Waals surface area contributed by atoms with Gasteiger partial charge in [-0.1, -0.05) is 0 Å². The number of nitrogens with one attached hydrogen (secondary N) is 2. The van der Waals surface area contributed by atoms with Crippen LogP contribution in [0.25, 0.3) is 0 Å². The second kappa shape index (κ2) is 4.31. The van der Waals surface area contributed by atoms with Crippen LogP contribution in [0.3, 0.4) is 0 Å². The summed E-state index contributed by atoms with van der Waals surface area (Å²) in [6, 6.07) is -0.101. The fraction of sp³-hybridized carbons (Fsp3) is 0.250. The smallest absolute Gasteiger partial charge is 0.224 e. The van der Waals surface area contributed by atoms with E-state index in [1.807, 2.05) is 6.92 Å². The highest BCUT2D eigenvalue weighted by Gasteiger charge is 2.11. The lowest BCUT2D eigenvalue weighted by atomic mass is 10.3. The lowest BCUT2D eigenvalue weighted by Gasteiger charge is -2.12. The Balaban J connectivity index is 2.17. The zero-order chi connectivity index (χ0) is 11.5. The number of hydrogen-bond acceptors (Lipinski definition) is 6. The lowest BCUT2D eigenvalue weighted by molar-refractivity contribution is 0.790. The fourth-order valence-electron chi connectivity index (χ4n) is 1.18. The standard InChI is InChI=1S/C8H10ClN7/c1-4(6-12-3-13-16-6)14-7-5(10)2-11-8(9)15-7/h2-4H,10H2,1H3,(H,11,14,15)(H,12,13,16). The maximum Gasteiger partial charge on any atom is 0.224 e. The van der Waals surface area contributed by atoms with Crippen LogP contribution in [0.4, 0.5) is 11.5 Å². The SMILES string of the molecule is CC(Nc1nc(Cl)ncc1N)c1ncn[nH]1. The van der Waals surface area contributed by atoms with Crippen molar-refractivity contribution < 1.29 is 0 Å². The van der Waals surface area contributed by atoms with Crippen molar-refractivity contribution in [2.24, 2.45) is 0 Å². The van der Waals surface area contributed by atoms with Gasteiger partial charge >= 0.3 is 0 Å². The van der Waals surface area contributed by atoms with E-state index in [1.165, 1.54) is 12.5 Å². The third-order valence-electron chi connectivity index (χ3n) is 1.98. The van der Waals surface area contributed by atoms with Gasteiger partial charge in [-0.25, -0.2) is 9.97 Å². The quantitative estimate of drug-likeness (QED) is 0.690. The highest BCUT2D eigenvalue weighted by Crippen LogP contribution is 2.20. The topological polar surface area (TPSA) is 105 Å². The first-order chi connectivity index (χ1) is 7.66. The third-order valence-corrected chi connectivity index (χ3v) is 2.17. The molecule has 1 atom stereocenters. The molecule has 7 nitrogen and oxygen atoms in total. The van der Waals surface area contributed by atoms with Crippen LogP contribution in [-0.4, -0.2) is 25.1 Å². The molecule has 0 aliphatic rings. The van der Waals surface area contributed by atoms with E-state index in [0.29, 0.717) is 17.3 Å². The Hall–Kier alpha value is -1.89. The Morgan fingerprint density at radius 2 is 2.31 bits per heavy atom. The van der Waals surface area contributed by atoms with E-state index < -0.39 is 0 Å². The Kier molecular flexibility index (Phi) is 2.86. The van der Waals surface area contributed by atoms with E-state index in [0.717, 1.165) is 0 Å². The van der Waals surface area contributed by atoms with Crippen LogP contribution in [0.15, 0.2) is 12.5 Å². The van der Waals surface area contributed by atoms with Crippen molar-refractivity contribution in [3.63, 3.8) is 0 Å². The van der Waals surface area contributed by atoms with Gasteiger partial charge in [-0.15, -0.1) is 0 Å². The predicted octanol–water partition coefficient (Wildman–Crippen LogP) is 1.00. The third kappa shape index (κ3) is 2.19. The van der Waals surface area contributed by atoms with Crippen molar-refractivity contribution in [3.05, 3.63) is 23.6 Å². The Morgan fingerprint density at radius 1 is 1.50 bits per heavy atom. The summed E-state index contributed by atoms with van der Waals surface area (Å²) in [5.74, 6) is 1.16. The van der Waals surface area contributed by atoms with Crippen LogP contribution in [0.5, 0.6) is 0 Å². The average Bonchev–Trinajstić information content (AvgIpc) is 2.76. The van der Waals surface area contributed by atoms with Gasteiger partial charge in [0.15, 0.2) is 5.82 Å². The molecule has 0 spiro atoms. The lowest BCUT2D eigenvalue weighted by Crippen LogP contribution is -2.11. The number of aromatic nitrogens is 5. The Morgan fingerprint density at radius 3 is 3.00 bits per heavy atom. The Bertz CT molecular complexity index is 469. The van der Waals surface area contributed by atoms with Crippen LogP contribution < -0.4 is 11.1 Å². The molecule has 0 radical (unpaired) electrons. The van der Waals surface area contributed by atoms with Gasteiger partial charge in [0.1, 0.15) is 12.2 Å².